The van der Waals surface area contributed by atoms with Crippen LogP contribution in [-0.2, 0) is 51.1 Å². The number of nitriles is 1. The van der Waals surface area contributed by atoms with Crippen LogP contribution in [0.3, 0.4) is 0 Å². The number of carbonyl (C=O) groups excluding carboxylic acids is 4. The Morgan fingerprint density at radius 2 is 1.62 bits per heavy atom. The lowest BCUT2D eigenvalue weighted by Crippen LogP contribution is -2.65. The van der Waals surface area contributed by atoms with Gasteiger partial charge >= 0.3 is 0 Å². The first-order valence-electron chi connectivity index (χ1n) is 28.7. The van der Waals surface area contributed by atoms with Crippen LogP contribution in [0.2, 0.25) is 5.02 Å². The molecule has 4 aromatic heterocycles. The van der Waals surface area contributed by atoms with E-state index in [4.69, 9.17) is 40.3 Å². The Morgan fingerprint density at radius 3 is 2.30 bits per heavy atom. The van der Waals surface area contributed by atoms with Gasteiger partial charge in [-0.05, 0) is 68.0 Å². The van der Waals surface area contributed by atoms with E-state index >= 15 is 13.6 Å². The fraction of sp³-hybridized carbons (Fsp3) is 0.450. The van der Waals surface area contributed by atoms with Crippen molar-refractivity contribution in [2.24, 2.45) is 0 Å². The average Bonchev–Trinajstić information content (AvgIpc) is 2.58. The minimum atomic E-state index is -3.06. The maximum Gasteiger partial charge on any atom is 0.253 e. The largest absolute Gasteiger partial charge is 0.475 e. The highest BCUT2D eigenvalue weighted by molar-refractivity contribution is 6.31. The number of rotatable bonds is 29. The fourth-order valence-electron chi connectivity index (χ4n) is 10.6. The van der Waals surface area contributed by atoms with Crippen molar-refractivity contribution in [3.8, 4) is 11.9 Å². The molecule has 3 atom stereocenters. The number of nitrogens with one attached hydrogen (secondary N) is 2. The van der Waals surface area contributed by atoms with Gasteiger partial charge in [0.1, 0.15) is 60.9 Å². The second kappa shape index (κ2) is 30.0. The van der Waals surface area contributed by atoms with E-state index in [1.807, 2.05) is 28.9 Å². The summed E-state index contributed by atoms with van der Waals surface area (Å²) in [6, 6.07) is 13.6. The van der Waals surface area contributed by atoms with Gasteiger partial charge in [-0.2, -0.15) is 14.9 Å². The predicted octanol–water partition coefficient (Wildman–Crippen LogP) is 6.62. The monoisotopic (exact) mass is 1230 g/mol. The van der Waals surface area contributed by atoms with Gasteiger partial charge in [0, 0.05) is 91.4 Å². The molecule has 4 amide bonds. The third kappa shape index (κ3) is 16.3. The molecule has 2 unspecified atom stereocenters. The molecule has 22 nitrogen and oxygen atoms in total. The van der Waals surface area contributed by atoms with Crippen LogP contribution >= 0.6 is 11.6 Å². The Hall–Kier alpha value is -8.06. The van der Waals surface area contributed by atoms with Crippen LogP contribution in [0.5, 0.6) is 5.88 Å². The Morgan fingerprint density at radius 1 is 0.897 bits per heavy atom. The molecule has 0 radical (unpaired) electrons. The van der Waals surface area contributed by atoms with Crippen molar-refractivity contribution in [2.75, 3.05) is 106 Å². The molecule has 87 heavy (non-hydrogen) atoms. The highest BCUT2D eigenvalue weighted by Crippen LogP contribution is 2.40. The lowest BCUT2D eigenvalue weighted by molar-refractivity contribution is -0.143. The van der Waals surface area contributed by atoms with Crippen LogP contribution in [0.1, 0.15) is 73.7 Å². The number of fused-ring (bicyclic) bond motifs is 1. The molecule has 6 heterocycles. The summed E-state index contributed by atoms with van der Waals surface area (Å²) >= 11 is 6.62. The number of anilines is 4. The number of piperazine rings is 1. The van der Waals surface area contributed by atoms with E-state index in [1.165, 1.54) is 42.6 Å². The van der Waals surface area contributed by atoms with Crippen molar-refractivity contribution in [1.82, 2.24) is 34.8 Å². The van der Waals surface area contributed by atoms with E-state index in [9.17, 15) is 33.5 Å². The van der Waals surface area contributed by atoms with Crippen LogP contribution in [-0.4, -0.2) is 168 Å². The van der Waals surface area contributed by atoms with Gasteiger partial charge in [-0.15, -0.1) is 0 Å². The number of amides is 4. The number of hydrogen-bond donors (Lipinski definition) is 3. The molecule has 27 heteroatoms. The van der Waals surface area contributed by atoms with Crippen LogP contribution in [0.25, 0.3) is 5.65 Å². The lowest BCUT2D eigenvalue weighted by Gasteiger charge is -2.43. The molecule has 3 fully saturated rings. The second-order valence-corrected chi connectivity index (χ2v) is 21.4. The van der Waals surface area contributed by atoms with Crippen molar-refractivity contribution in [3.05, 3.63) is 130 Å². The Balaban J connectivity index is 0.717. The number of pyridine rings is 2. The van der Waals surface area contributed by atoms with E-state index in [2.05, 4.69) is 37.5 Å². The Labute approximate surface area is 504 Å². The van der Waals surface area contributed by atoms with Crippen molar-refractivity contribution in [2.45, 2.75) is 88.5 Å². The maximum atomic E-state index is 15.4. The lowest BCUT2D eigenvalue weighted by atomic mass is 9.87. The van der Waals surface area contributed by atoms with Gasteiger partial charge in [-0.1, -0.05) is 42.8 Å². The van der Waals surface area contributed by atoms with Gasteiger partial charge in [0.2, 0.25) is 23.6 Å². The van der Waals surface area contributed by atoms with E-state index in [0.29, 0.717) is 43.0 Å². The number of aliphatic hydroxyl groups is 1. The topological polar surface area (TPSA) is 251 Å². The van der Waals surface area contributed by atoms with Crippen molar-refractivity contribution in [3.63, 3.8) is 0 Å². The highest BCUT2D eigenvalue weighted by atomic mass is 35.5. The van der Waals surface area contributed by atoms with Gasteiger partial charge in [0.25, 0.3) is 11.8 Å². The molecule has 6 aromatic rings. The molecule has 0 spiro atoms. The number of nitrogens with zero attached hydrogens (tertiary/aromatic N) is 10. The molecular formula is C60H67ClF4N12O10. The number of aromatic nitrogens is 5. The number of carbonyl (C=O) groups is 4. The van der Waals surface area contributed by atoms with E-state index in [1.54, 1.807) is 12.3 Å². The SMILES string of the molecule is CCc1cnn2c(NCc3ccc(OCCOCCOCCOCCOCC(=O)N4CC(=O)N(c5cc(C#N)ccn5)C(C(=O)N(c5cc(F)cc(F)c5)C(C(=O)NC5CC(F)(F)C5)c5ccccc5Cl)C4)nc3)cc(N3CCCC[C@H]3CCO)nc12. The summed E-state index contributed by atoms with van der Waals surface area (Å²) in [7, 11) is 0. The molecule has 3 aliphatic rings. The molecule has 2 aliphatic heterocycles. The zero-order valence-electron chi connectivity index (χ0n) is 47.8. The molecule has 2 saturated heterocycles. The Bertz CT molecular complexity index is 3370. The number of alkyl halides is 2. The number of benzene rings is 2. The standard InChI is InChI=1S/C60H67ClF4N12O10/c1-2-41-35-70-77-51(29-52(72-57(41)77)74-15-6-5-7-45(74)13-16-78)68-33-40-10-11-53(69-34-40)87-24-23-85-20-19-83-17-18-84-21-22-86-38-55(80)73-36-49(76(54(79)37-73)50-25-39(32-66)12-14-67-50)59(82)75(46-27-42(62)26-43(63)28-46)56(47-8-3-4-9-48(47)61)58(81)71-44-30-60(64,65)31-44/h3-4,8-12,14,25-29,34-35,44-45,49,56,68,78H,2,5-7,13,15-24,30-31,33,36-38H2,1H3,(H,71,81)/t45-,49?,56?/m0/s1. The summed E-state index contributed by atoms with van der Waals surface area (Å²) in [5.41, 5.74) is 2.27. The number of piperidine rings is 1. The zero-order chi connectivity index (χ0) is 61.5. The number of ether oxygens (including phenoxy) is 5. The number of aryl methyl sites for hydroxylation is 1. The van der Waals surface area contributed by atoms with E-state index in [-0.39, 0.29) is 74.3 Å². The fourth-order valence-corrected chi connectivity index (χ4v) is 10.9. The molecular weight excluding hydrogens is 1160 g/mol. The number of aliphatic hydroxyl groups excluding tert-OH is 1. The van der Waals surface area contributed by atoms with Crippen molar-refractivity contribution in [1.29, 1.82) is 5.26 Å². The first-order chi connectivity index (χ1) is 42.1. The van der Waals surface area contributed by atoms with Crippen LogP contribution in [0, 0.1) is 23.0 Å². The first-order valence-corrected chi connectivity index (χ1v) is 29.1. The minimum Gasteiger partial charge on any atom is -0.475 e. The van der Waals surface area contributed by atoms with E-state index < -0.39 is 97.5 Å². The number of hydrogen-bond acceptors (Lipinski definition) is 17. The third-order valence-electron chi connectivity index (χ3n) is 15.0. The summed E-state index contributed by atoms with van der Waals surface area (Å²) < 4.78 is 88.4. The maximum absolute atomic E-state index is 15.4. The molecule has 0 bridgehead atoms. The normalized spacial score (nSPS) is 17.2. The zero-order valence-corrected chi connectivity index (χ0v) is 48.6. The average molecular weight is 1230 g/mol. The van der Waals surface area contributed by atoms with Crippen LogP contribution < -0.4 is 30.1 Å². The third-order valence-corrected chi connectivity index (χ3v) is 15.3. The predicted molar refractivity (Wildman–Crippen MR) is 310 cm³/mol. The summed E-state index contributed by atoms with van der Waals surface area (Å²) in [5.74, 6) is -7.22. The molecule has 1 saturated carbocycles. The highest BCUT2D eigenvalue weighted by Gasteiger charge is 2.49. The van der Waals surface area contributed by atoms with Gasteiger partial charge in [-0.25, -0.2) is 32.5 Å². The first kappa shape index (κ1) is 63.4. The van der Waals surface area contributed by atoms with E-state index in [0.717, 1.165) is 82.6 Å². The number of halogens is 5. The van der Waals surface area contributed by atoms with Gasteiger partial charge < -0.3 is 49.2 Å². The second-order valence-electron chi connectivity index (χ2n) is 21.0. The van der Waals surface area contributed by atoms with Crippen LogP contribution in [0.4, 0.5) is 40.7 Å². The minimum absolute atomic E-state index is 0.0462. The quantitative estimate of drug-likeness (QED) is 0.0330. The van der Waals surface area contributed by atoms with Gasteiger partial charge in [0.05, 0.1) is 76.3 Å². The summed E-state index contributed by atoms with van der Waals surface area (Å²) in [6.07, 6.45) is 8.10. The Kier molecular flexibility index (Phi) is 21.9. The van der Waals surface area contributed by atoms with Gasteiger partial charge in [0.15, 0.2) is 5.65 Å². The summed E-state index contributed by atoms with van der Waals surface area (Å²) in [4.78, 5) is 76.4. The van der Waals surface area contributed by atoms with Gasteiger partial charge in [-0.3, -0.25) is 29.0 Å². The summed E-state index contributed by atoms with van der Waals surface area (Å²) in [6.45, 7) is 3.39. The molecule has 2 aromatic carbocycles. The van der Waals surface area contributed by atoms with Crippen LogP contribution in [0.15, 0.2) is 91.4 Å². The molecule has 3 N–H and O–H groups in total. The summed E-state index contributed by atoms with van der Waals surface area (Å²) in [5, 5.41) is 30.0. The molecule has 9 rings (SSSR count). The molecule has 1 aliphatic carbocycles. The van der Waals surface area contributed by atoms with Crippen molar-refractivity contribution < 1.29 is 65.5 Å². The van der Waals surface area contributed by atoms with Crippen molar-refractivity contribution >= 4 is 64.0 Å². The molecule has 462 valence electrons. The smallest absolute Gasteiger partial charge is 0.253 e.